The van der Waals surface area contributed by atoms with E-state index >= 15 is 0 Å². The van der Waals surface area contributed by atoms with E-state index in [1.54, 1.807) is 13.8 Å². The predicted octanol–water partition coefficient (Wildman–Crippen LogP) is 4.04. The van der Waals surface area contributed by atoms with E-state index in [4.69, 9.17) is 4.74 Å². The molecule has 0 bridgehead atoms. The summed E-state index contributed by atoms with van der Waals surface area (Å²) < 4.78 is 5.55. The number of carbonyl (C=O) groups excluding carboxylic acids is 2. The van der Waals surface area contributed by atoms with Crippen LogP contribution in [0.15, 0.2) is 48.5 Å². The van der Waals surface area contributed by atoms with E-state index in [0.717, 1.165) is 11.1 Å². The average molecular weight is 492 g/mol. The summed E-state index contributed by atoms with van der Waals surface area (Å²) in [7, 11) is 0. The van der Waals surface area contributed by atoms with Crippen molar-refractivity contribution >= 4 is 29.3 Å². The van der Waals surface area contributed by atoms with E-state index < -0.39 is 17.5 Å². The molecule has 0 saturated carbocycles. The van der Waals surface area contributed by atoms with Gasteiger partial charge in [0.05, 0.1) is 12.2 Å². The second-order valence-corrected chi connectivity index (χ2v) is 10.3. The molecule has 2 amide bonds. The van der Waals surface area contributed by atoms with E-state index in [1.165, 1.54) is 27.4 Å². The fourth-order valence-corrected chi connectivity index (χ4v) is 5.71. The third-order valence-electron chi connectivity index (χ3n) is 6.65. The molecule has 1 fully saturated rings. The van der Waals surface area contributed by atoms with Gasteiger partial charge in [0.25, 0.3) is 5.91 Å². The Morgan fingerprint density at radius 3 is 2.31 bits per heavy atom. The van der Waals surface area contributed by atoms with Crippen molar-refractivity contribution in [1.82, 2.24) is 15.2 Å². The number of rotatable bonds is 6. The molecule has 35 heavy (non-hydrogen) atoms. The molecule has 2 heterocycles. The Morgan fingerprint density at radius 1 is 1.11 bits per heavy atom. The maximum atomic E-state index is 12.8. The van der Waals surface area contributed by atoms with E-state index in [1.807, 2.05) is 24.3 Å². The summed E-state index contributed by atoms with van der Waals surface area (Å²) in [5.41, 5.74) is 4.28. The Balaban J connectivity index is 1.17. The number of aliphatic carboxylic acids is 1. The highest BCUT2D eigenvalue weighted by Gasteiger charge is 2.48. The topological polar surface area (TPSA) is 109 Å². The molecule has 2 N–H and O–H groups in total. The molecule has 180 valence electrons. The summed E-state index contributed by atoms with van der Waals surface area (Å²) in [5.74, 6) is -1.16. The molecular formula is C26H25N3O5S. The first-order valence-corrected chi connectivity index (χ1v) is 12.2. The van der Waals surface area contributed by atoms with Crippen molar-refractivity contribution in [3.63, 3.8) is 0 Å². The monoisotopic (exact) mass is 491 g/mol. The molecule has 0 radical (unpaired) electrons. The van der Waals surface area contributed by atoms with Crippen molar-refractivity contribution in [3.8, 4) is 11.1 Å². The average Bonchev–Trinajstić information content (AvgIpc) is 3.36. The van der Waals surface area contributed by atoms with E-state index in [0.29, 0.717) is 15.6 Å². The van der Waals surface area contributed by atoms with Crippen LogP contribution < -0.4 is 5.32 Å². The van der Waals surface area contributed by atoms with Crippen LogP contribution >= 0.6 is 11.3 Å². The van der Waals surface area contributed by atoms with Gasteiger partial charge in [0.1, 0.15) is 21.9 Å². The summed E-state index contributed by atoms with van der Waals surface area (Å²) in [6, 6.07) is 16.3. The predicted molar refractivity (Wildman–Crippen MR) is 130 cm³/mol. The zero-order valence-corrected chi connectivity index (χ0v) is 20.2. The number of hydrogen-bond acceptors (Lipinski definition) is 6. The lowest BCUT2D eigenvalue weighted by molar-refractivity contribution is -0.155. The number of nitrogens with one attached hydrogen (secondary N) is 1. The quantitative estimate of drug-likeness (QED) is 0.539. The zero-order valence-electron chi connectivity index (χ0n) is 19.4. The summed E-state index contributed by atoms with van der Waals surface area (Å²) in [6.07, 6.45) is -0.549. The number of fused-ring (bicyclic) bond motifs is 3. The molecule has 0 spiro atoms. The van der Waals surface area contributed by atoms with Crippen LogP contribution in [0.2, 0.25) is 0 Å². The number of thiazole rings is 1. The number of aromatic nitrogens is 1. The second kappa shape index (κ2) is 8.81. The van der Waals surface area contributed by atoms with Gasteiger partial charge in [-0.05, 0) is 36.1 Å². The van der Waals surface area contributed by atoms with Crippen LogP contribution in [0.5, 0.6) is 0 Å². The van der Waals surface area contributed by atoms with Gasteiger partial charge in [-0.15, -0.1) is 11.3 Å². The molecule has 0 atom stereocenters. The molecule has 2 aliphatic rings. The van der Waals surface area contributed by atoms with Gasteiger partial charge in [0.15, 0.2) is 0 Å². The number of carbonyl (C=O) groups is 3. The van der Waals surface area contributed by atoms with Gasteiger partial charge in [-0.3, -0.25) is 9.59 Å². The molecule has 1 aliphatic carbocycles. The van der Waals surface area contributed by atoms with Gasteiger partial charge in [-0.25, -0.2) is 9.78 Å². The third kappa shape index (κ3) is 4.16. The largest absolute Gasteiger partial charge is 0.481 e. The maximum absolute atomic E-state index is 12.8. The Hall–Kier alpha value is -3.72. The fourth-order valence-electron chi connectivity index (χ4n) is 4.74. The number of carboxylic acids is 1. The number of amides is 2. The third-order valence-corrected chi connectivity index (χ3v) is 7.79. The van der Waals surface area contributed by atoms with Gasteiger partial charge in [-0.2, -0.15) is 0 Å². The Bertz CT molecular complexity index is 1280. The first-order chi connectivity index (χ1) is 16.8. The minimum Gasteiger partial charge on any atom is -0.481 e. The number of nitrogens with zero attached hydrogens (tertiary/aromatic N) is 2. The number of carboxylic acid groups (broad SMARTS) is 1. The van der Waals surface area contributed by atoms with Crippen molar-refractivity contribution in [2.24, 2.45) is 5.41 Å². The van der Waals surface area contributed by atoms with Crippen LogP contribution in [-0.4, -0.2) is 52.7 Å². The van der Waals surface area contributed by atoms with Crippen molar-refractivity contribution in [3.05, 3.63) is 75.2 Å². The van der Waals surface area contributed by atoms with Crippen molar-refractivity contribution in [2.75, 3.05) is 19.7 Å². The highest BCUT2D eigenvalue weighted by molar-refractivity contribution is 7.13. The number of ether oxygens (including phenoxy) is 1. The minimum atomic E-state index is -0.907. The van der Waals surface area contributed by atoms with Crippen molar-refractivity contribution < 1.29 is 24.2 Å². The van der Waals surface area contributed by atoms with Crippen LogP contribution in [0.1, 0.15) is 44.3 Å². The van der Waals surface area contributed by atoms with Gasteiger partial charge >= 0.3 is 12.1 Å². The summed E-state index contributed by atoms with van der Waals surface area (Å²) >= 11 is 1.20. The SMILES string of the molecule is Cc1nc(CNC(=O)OCC2c3ccccc3-c3ccccc32)sc1C(=O)N1CC(C)(C(=O)O)C1. The standard InChI is InChI=1S/C26H25N3O5S/c1-15-22(23(30)29-13-26(2,14-29)24(31)32)35-21(28-15)11-27-25(33)34-12-20-18-9-5-3-7-16(18)17-8-4-6-10-19(17)20/h3-10,20H,11-14H2,1-2H3,(H,27,33)(H,31,32). The van der Waals surface area contributed by atoms with Gasteiger partial charge in [0.2, 0.25) is 0 Å². The molecule has 1 aromatic heterocycles. The van der Waals surface area contributed by atoms with Gasteiger partial charge < -0.3 is 20.1 Å². The lowest BCUT2D eigenvalue weighted by Crippen LogP contribution is -2.60. The summed E-state index contributed by atoms with van der Waals surface area (Å²) in [6.45, 7) is 4.07. The molecule has 0 unspecified atom stereocenters. The van der Waals surface area contributed by atoms with Crippen LogP contribution in [0.25, 0.3) is 11.1 Å². The Morgan fingerprint density at radius 2 is 1.71 bits per heavy atom. The lowest BCUT2D eigenvalue weighted by Gasteiger charge is -2.44. The molecule has 5 rings (SSSR count). The van der Waals surface area contributed by atoms with E-state index in [9.17, 15) is 19.5 Å². The first-order valence-electron chi connectivity index (χ1n) is 11.3. The number of hydrogen-bond donors (Lipinski definition) is 2. The van der Waals surface area contributed by atoms with Crippen LogP contribution in [0.4, 0.5) is 4.79 Å². The van der Waals surface area contributed by atoms with Gasteiger partial charge in [-0.1, -0.05) is 48.5 Å². The Labute approximate surface area is 206 Å². The molecule has 1 aliphatic heterocycles. The number of likely N-dealkylation sites (tertiary alicyclic amines) is 1. The number of alkyl carbamates (subject to hydrolysis) is 1. The van der Waals surface area contributed by atoms with Crippen LogP contribution in [0.3, 0.4) is 0 Å². The van der Waals surface area contributed by atoms with Crippen molar-refractivity contribution in [1.29, 1.82) is 0 Å². The molecular weight excluding hydrogens is 466 g/mol. The molecule has 2 aromatic carbocycles. The number of aryl methyl sites for hydroxylation is 1. The van der Waals surface area contributed by atoms with Crippen molar-refractivity contribution in [2.45, 2.75) is 26.3 Å². The highest BCUT2D eigenvalue weighted by atomic mass is 32.1. The molecule has 3 aromatic rings. The lowest BCUT2D eigenvalue weighted by atomic mass is 9.82. The molecule has 1 saturated heterocycles. The van der Waals surface area contributed by atoms with Gasteiger partial charge in [0, 0.05) is 19.0 Å². The highest BCUT2D eigenvalue weighted by Crippen LogP contribution is 2.44. The fraction of sp³-hybridized carbons (Fsp3) is 0.308. The normalized spacial score (nSPS) is 15.7. The first kappa shape index (κ1) is 23.0. The minimum absolute atomic E-state index is 0.0208. The maximum Gasteiger partial charge on any atom is 0.407 e. The molecule has 8 nitrogen and oxygen atoms in total. The van der Waals surface area contributed by atoms with Crippen LogP contribution in [0, 0.1) is 12.3 Å². The smallest absolute Gasteiger partial charge is 0.407 e. The summed E-state index contributed by atoms with van der Waals surface area (Å²) in [4.78, 5) is 42.8. The zero-order chi connectivity index (χ0) is 24.7. The Kier molecular flexibility index (Phi) is 5.80. The van der Waals surface area contributed by atoms with E-state index in [2.05, 4.69) is 34.6 Å². The summed E-state index contributed by atoms with van der Waals surface area (Å²) in [5, 5.41) is 12.6. The van der Waals surface area contributed by atoms with E-state index in [-0.39, 0.29) is 38.1 Å². The van der Waals surface area contributed by atoms with Crippen LogP contribution in [-0.2, 0) is 16.1 Å². The second-order valence-electron chi connectivity index (χ2n) is 9.23. The molecule has 9 heteroatoms. The number of benzene rings is 2.